The van der Waals surface area contributed by atoms with Crippen LogP contribution >= 0.6 is 27.5 Å². The number of nitrogens with zero attached hydrogens (tertiary/aromatic N) is 1. The molecule has 0 aliphatic heterocycles. The van der Waals surface area contributed by atoms with Crippen molar-refractivity contribution in [2.45, 2.75) is 38.5 Å². The van der Waals surface area contributed by atoms with Crippen molar-refractivity contribution in [2.24, 2.45) is 5.92 Å². The smallest absolute Gasteiger partial charge is 0.133 e. The molecule has 1 fully saturated rings. The zero-order valence-electron chi connectivity index (χ0n) is 8.70. The highest BCUT2D eigenvalue weighted by Gasteiger charge is 2.31. The molecule has 82 valence electrons. The Morgan fingerprint density at radius 2 is 2.47 bits per heavy atom. The summed E-state index contributed by atoms with van der Waals surface area (Å²) in [5, 5.41) is 0. The van der Waals surface area contributed by atoms with Gasteiger partial charge in [0, 0.05) is 23.6 Å². The number of rotatable bonds is 2. The number of carbonyl (C=O) groups excluding carboxylic acids is 1. The van der Waals surface area contributed by atoms with Crippen LogP contribution in [0.25, 0.3) is 0 Å². The fourth-order valence-corrected chi connectivity index (χ4v) is 3.91. The van der Waals surface area contributed by atoms with E-state index >= 15 is 0 Å². The van der Waals surface area contributed by atoms with Crippen LogP contribution in [-0.2, 0) is 4.79 Å². The predicted molar refractivity (Wildman–Crippen MR) is 65.2 cm³/mol. The first-order chi connectivity index (χ1) is 7.22. The van der Waals surface area contributed by atoms with Crippen LogP contribution in [-0.4, -0.2) is 10.2 Å². The minimum atomic E-state index is 0.401. The summed E-state index contributed by atoms with van der Waals surface area (Å²) in [6.45, 7) is 2.21. The number of Topliss-reactive ketones (excluding diaryl/α,β-unsaturated/α-hetero) is 1. The minimum Gasteiger partial charge on any atom is -0.300 e. The first kappa shape index (κ1) is 11.3. The van der Waals surface area contributed by atoms with Crippen molar-refractivity contribution in [3.63, 3.8) is 0 Å². The third kappa shape index (κ3) is 2.31. The lowest BCUT2D eigenvalue weighted by Crippen LogP contribution is -2.22. The molecule has 1 aromatic heterocycles. The Labute approximate surface area is 102 Å². The van der Waals surface area contributed by atoms with Crippen LogP contribution in [0.1, 0.15) is 43.4 Å². The van der Waals surface area contributed by atoms with E-state index in [1.165, 1.54) is 16.4 Å². The van der Waals surface area contributed by atoms with Gasteiger partial charge >= 0.3 is 0 Å². The van der Waals surface area contributed by atoms with Crippen LogP contribution < -0.4 is 0 Å². The van der Waals surface area contributed by atoms with Crippen molar-refractivity contribution in [1.29, 1.82) is 0 Å². The number of ketones is 1. The average Bonchev–Trinajstić information content (AvgIpc) is 2.64. The third-order valence-corrected chi connectivity index (χ3v) is 5.05. The molecular formula is C11H14BrNOS. The zero-order valence-corrected chi connectivity index (χ0v) is 11.1. The molecule has 1 heterocycles. The highest BCUT2D eigenvalue weighted by molar-refractivity contribution is 9.10. The van der Waals surface area contributed by atoms with Crippen molar-refractivity contribution < 1.29 is 4.79 Å². The third-order valence-electron chi connectivity index (χ3n) is 3.22. The molecule has 2 nitrogen and oxygen atoms in total. The normalized spacial score (nSPS) is 26.9. The van der Waals surface area contributed by atoms with E-state index in [9.17, 15) is 4.79 Å². The Morgan fingerprint density at radius 3 is 3.07 bits per heavy atom. The van der Waals surface area contributed by atoms with E-state index in [1.807, 2.05) is 6.20 Å². The Balaban J connectivity index is 2.24. The summed E-state index contributed by atoms with van der Waals surface area (Å²) in [7, 11) is 0. The van der Waals surface area contributed by atoms with Gasteiger partial charge in [-0.25, -0.2) is 0 Å². The molecule has 2 atom stereocenters. The van der Waals surface area contributed by atoms with Gasteiger partial charge in [0.25, 0.3) is 0 Å². The molecule has 1 saturated carbocycles. The maximum atomic E-state index is 11.5. The summed E-state index contributed by atoms with van der Waals surface area (Å²) < 4.78 is 5.25. The van der Waals surface area contributed by atoms with Crippen LogP contribution in [0, 0.1) is 5.92 Å². The predicted octanol–water partition coefficient (Wildman–Crippen LogP) is 3.77. The topological polar surface area (TPSA) is 30.0 Å². The Hall–Kier alpha value is -0.220. The van der Waals surface area contributed by atoms with Crippen molar-refractivity contribution >= 4 is 33.2 Å². The van der Waals surface area contributed by atoms with Gasteiger partial charge in [-0.3, -0.25) is 4.79 Å². The maximum absolute atomic E-state index is 11.5. The van der Waals surface area contributed by atoms with Crippen LogP contribution in [0.2, 0.25) is 0 Å². The van der Waals surface area contributed by atoms with E-state index in [1.54, 1.807) is 0 Å². The van der Waals surface area contributed by atoms with E-state index in [0.717, 1.165) is 23.7 Å². The lowest BCUT2D eigenvalue weighted by atomic mass is 9.76. The number of aromatic nitrogens is 1. The second-order valence-corrected chi connectivity index (χ2v) is 5.78. The van der Waals surface area contributed by atoms with Crippen LogP contribution in [0.5, 0.6) is 0 Å². The molecule has 1 aromatic rings. The highest BCUT2D eigenvalue weighted by atomic mass is 79.9. The van der Waals surface area contributed by atoms with Gasteiger partial charge in [0.05, 0.1) is 10.7 Å². The van der Waals surface area contributed by atoms with E-state index in [-0.39, 0.29) is 0 Å². The molecule has 1 aliphatic rings. The lowest BCUT2D eigenvalue weighted by molar-refractivity contribution is -0.121. The van der Waals surface area contributed by atoms with Crippen LogP contribution in [0.4, 0.5) is 0 Å². The summed E-state index contributed by atoms with van der Waals surface area (Å²) in [6.07, 6.45) is 5.52. The lowest BCUT2D eigenvalue weighted by Gasteiger charge is -2.29. The van der Waals surface area contributed by atoms with Crippen LogP contribution in [0.15, 0.2) is 10.7 Å². The number of carbonyl (C=O) groups is 1. The van der Waals surface area contributed by atoms with Crippen molar-refractivity contribution in [1.82, 2.24) is 4.37 Å². The Kier molecular flexibility index (Phi) is 3.57. The van der Waals surface area contributed by atoms with Crippen molar-refractivity contribution in [3.05, 3.63) is 15.5 Å². The summed E-state index contributed by atoms with van der Waals surface area (Å²) in [5.41, 5.74) is 0. The van der Waals surface area contributed by atoms with Gasteiger partial charge in [0.15, 0.2) is 0 Å². The molecule has 0 aromatic carbocycles. The van der Waals surface area contributed by atoms with E-state index in [4.69, 9.17) is 0 Å². The fourth-order valence-electron chi connectivity index (χ4n) is 2.34. The van der Waals surface area contributed by atoms with Crippen molar-refractivity contribution in [2.75, 3.05) is 0 Å². The summed E-state index contributed by atoms with van der Waals surface area (Å²) in [6, 6.07) is 0. The molecule has 0 N–H and O–H groups in total. The Bertz CT molecular complexity index is 363. The van der Waals surface area contributed by atoms with E-state index < -0.39 is 0 Å². The fraction of sp³-hybridized carbons (Fsp3) is 0.636. The Morgan fingerprint density at radius 1 is 1.67 bits per heavy atom. The van der Waals surface area contributed by atoms with E-state index in [2.05, 4.69) is 27.2 Å². The molecule has 0 amide bonds. The minimum absolute atomic E-state index is 0.401. The van der Waals surface area contributed by atoms with E-state index in [0.29, 0.717) is 24.0 Å². The maximum Gasteiger partial charge on any atom is 0.133 e. The second kappa shape index (κ2) is 4.74. The highest BCUT2D eigenvalue weighted by Crippen LogP contribution is 2.42. The molecule has 0 saturated heterocycles. The number of hydrogen-bond donors (Lipinski definition) is 0. The van der Waals surface area contributed by atoms with Gasteiger partial charge in [-0.1, -0.05) is 13.3 Å². The van der Waals surface area contributed by atoms with Gasteiger partial charge in [-0.15, -0.1) is 0 Å². The van der Waals surface area contributed by atoms with Gasteiger partial charge in [0.2, 0.25) is 0 Å². The molecule has 15 heavy (non-hydrogen) atoms. The number of hydrogen-bond acceptors (Lipinski definition) is 3. The van der Waals surface area contributed by atoms with Gasteiger partial charge in [-0.05, 0) is 39.8 Å². The summed E-state index contributed by atoms with van der Waals surface area (Å²) >= 11 is 5.04. The molecule has 0 bridgehead atoms. The SMILES string of the molecule is CCC1CCC(=O)CC1c1sncc1Br. The average molecular weight is 288 g/mol. The zero-order chi connectivity index (χ0) is 10.8. The molecule has 2 rings (SSSR count). The second-order valence-electron chi connectivity index (χ2n) is 4.09. The summed E-state index contributed by atoms with van der Waals surface area (Å²) in [4.78, 5) is 12.8. The standard InChI is InChI=1S/C11H14BrNOS/c1-2-7-3-4-8(14)5-9(7)11-10(12)6-13-15-11/h6-7,9H,2-5H2,1H3. The quantitative estimate of drug-likeness (QED) is 0.829. The van der Waals surface area contributed by atoms with Gasteiger partial charge < -0.3 is 0 Å². The monoisotopic (exact) mass is 287 g/mol. The molecule has 2 unspecified atom stereocenters. The van der Waals surface area contributed by atoms with Gasteiger partial charge in [-0.2, -0.15) is 4.37 Å². The molecular weight excluding hydrogens is 274 g/mol. The van der Waals surface area contributed by atoms with Gasteiger partial charge in [0.1, 0.15) is 5.78 Å². The van der Waals surface area contributed by atoms with Crippen LogP contribution in [0.3, 0.4) is 0 Å². The molecule has 4 heteroatoms. The number of halogens is 1. The largest absolute Gasteiger partial charge is 0.300 e. The first-order valence-corrected chi connectivity index (χ1v) is 6.90. The first-order valence-electron chi connectivity index (χ1n) is 5.34. The summed E-state index contributed by atoms with van der Waals surface area (Å²) in [5.74, 6) is 1.46. The van der Waals surface area contributed by atoms with Crippen molar-refractivity contribution in [3.8, 4) is 0 Å². The molecule has 0 spiro atoms. The molecule has 1 aliphatic carbocycles. The molecule has 0 radical (unpaired) electrons.